The van der Waals surface area contributed by atoms with Crippen molar-refractivity contribution in [2.75, 3.05) is 26.4 Å². The van der Waals surface area contributed by atoms with Gasteiger partial charge >= 0.3 is 5.97 Å². The molecule has 2 aromatic heterocycles. The van der Waals surface area contributed by atoms with Gasteiger partial charge in [0.2, 0.25) is 0 Å². The van der Waals surface area contributed by atoms with E-state index in [9.17, 15) is 9.90 Å². The number of carbonyl (C=O) groups is 1. The van der Waals surface area contributed by atoms with Gasteiger partial charge in [0, 0.05) is 40.7 Å². The molecule has 8 nitrogen and oxygen atoms in total. The van der Waals surface area contributed by atoms with Crippen LogP contribution in [0.2, 0.25) is 0 Å². The van der Waals surface area contributed by atoms with Crippen LogP contribution in [0.1, 0.15) is 53.6 Å². The quantitative estimate of drug-likeness (QED) is 0.159. The molecule has 0 fully saturated rings. The number of carbonyl (C=O) groups excluding carboxylic acids is 1. The molecule has 0 amide bonds. The lowest BCUT2D eigenvalue weighted by molar-refractivity contribution is 0.0512. The van der Waals surface area contributed by atoms with Gasteiger partial charge in [0.05, 0.1) is 44.2 Å². The molecule has 3 heterocycles. The van der Waals surface area contributed by atoms with Crippen LogP contribution >= 0.6 is 0 Å². The summed E-state index contributed by atoms with van der Waals surface area (Å²) in [6.45, 7) is 6.81. The summed E-state index contributed by atoms with van der Waals surface area (Å²) in [6.07, 6.45) is 3.15. The van der Waals surface area contributed by atoms with Gasteiger partial charge in [-0.1, -0.05) is 54.6 Å². The molecule has 3 aromatic carbocycles. The summed E-state index contributed by atoms with van der Waals surface area (Å²) in [5.74, 6) is 0.571. The van der Waals surface area contributed by atoms with Crippen molar-refractivity contribution < 1.29 is 24.1 Å². The maximum Gasteiger partial charge on any atom is 0.355 e. The Labute approximate surface area is 251 Å². The van der Waals surface area contributed by atoms with Crippen LogP contribution in [-0.4, -0.2) is 51.9 Å². The molecule has 0 atom stereocenters. The molecule has 0 saturated carbocycles. The van der Waals surface area contributed by atoms with Crippen LogP contribution in [0, 0.1) is 6.92 Å². The molecule has 0 aliphatic carbocycles. The molecule has 0 unspecified atom stereocenters. The summed E-state index contributed by atoms with van der Waals surface area (Å²) >= 11 is 0. The Hall–Kier alpha value is -4.14. The number of fused-ring (bicyclic) bond motifs is 3. The summed E-state index contributed by atoms with van der Waals surface area (Å²) in [6, 6.07) is 20.6. The van der Waals surface area contributed by atoms with Crippen LogP contribution in [0.5, 0.6) is 5.75 Å². The van der Waals surface area contributed by atoms with E-state index < -0.39 is 0 Å². The van der Waals surface area contributed by atoms with Gasteiger partial charge in [0.25, 0.3) is 0 Å². The van der Waals surface area contributed by atoms with E-state index in [0.29, 0.717) is 51.6 Å². The molecular formula is C35H39N3O5. The number of aryl methyl sites for hydroxylation is 2. The van der Waals surface area contributed by atoms with Crippen LogP contribution in [0.4, 0.5) is 0 Å². The van der Waals surface area contributed by atoms with E-state index in [1.807, 2.05) is 42.8 Å². The van der Waals surface area contributed by atoms with E-state index in [4.69, 9.17) is 19.3 Å². The minimum atomic E-state index is -0.298. The fourth-order valence-electron chi connectivity index (χ4n) is 6.36. The average molecular weight is 582 g/mol. The lowest BCUT2D eigenvalue weighted by Gasteiger charge is -2.13. The molecule has 1 N–H and O–H groups in total. The van der Waals surface area contributed by atoms with Gasteiger partial charge in [-0.05, 0) is 56.5 Å². The summed E-state index contributed by atoms with van der Waals surface area (Å²) in [4.78, 5) is 13.6. The van der Waals surface area contributed by atoms with Crippen molar-refractivity contribution in [3.05, 3.63) is 83.3 Å². The summed E-state index contributed by atoms with van der Waals surface area (Å²) in [5.41, 5.74) is 6.46. The average Bonchev–Trinajstić information content (AvgIpc) is 3.49. The van der Waals surface area contributed by atoms with Gasteiger partial charge in [0.1, 0.15) is 11.4 Å². The minimum Gasteiger partial charge on any atom is -0.493 e. The third kappa shape index (κ3) is 5.65. The van der Waals surface area contributed by atoms with E-state index in [2.05, 4.69) is 41.0 Å². The number of aliphatic hydroxyl groups is 1. The van der Waals surface area contributed by atoms with Crippen molar-refractivity contribution in [3.8, 4) is 16.9 Å². The minimum absolute atomic E-state index is 0.000829. The third-order valence-electron chi connectivity index (χ3n) is 8.25. The number of rotatable bonds is 9. The van der Waals surface area contributed by atoms with Crippen LogP contribution in [0.15, 0.2) is 60.7 Å². The highest BCUT2D eigenvalue weighted by Gasteiger charge is 2.28. The van der Waals surface area contributed by atoms with Gasteiger partial charge < -0.3 is 23.9 Å². The SMILES string of the molecule is CCOC(=O)c1c(CCCOc2cccc3ccccc23)c2cccc3c2n1CCCCOCc1nn(CCO)c(C)c1-3. The normalized spacial score (nSPS) is 13.6. The number of nitrogens with zero attached hydrogens (tertiary/aromatic N) is 3. The predicted molar refractivity (Wildman–Crippen MR) is 168 cm³/mol. The molecule has 0 spiro atoms. The highest BCUT2D eigenvalue weighted by Crippen LogP contribution is 2.39. The number of hydrogen-bond donors (Lipinski definition) is 1. The van der Waals surface area contributed by atoms with Crippen LogP contribution in [0.3, 0.4) is 0 Å². The Bertz CT molecular complexity index is 1750. The zero-order chi connectivity index (χ0) is 29.8. The van der Waals surface area contributed by atoms with Crippen LogP contribution in [0.25, 0.3) is 32.8 Å². The molecule has 1 aliphatic rings. The van der Waals surface area contributed by atoms with E-state index in [1.54, 1.807) is 0 Å². The van der Waals surface area contributed by atoms with Crippen molar-refractivity contribution in [2.45, 2.75) is 59.2 Å². The van der Waals surface area contributed by atoms with Gasteiger partial charge in [-0.2, -0.15) is 5.10 Å². The predicted octanol–water partition coefficient (Wildman–Crippen LogP) is 6.46. The van der Waals surface area contributed by atoms with E-state index in [0.717, 1.165) is 74.8 Å². The molecule has 5 aromatic rings. The molecule has 0 bridgehead atoms. The number of benzene rings is 3. The van der Waals surface area contributed by atoms with Gasteiger partial charge in [-0.25, -0.2) is 4.79 Å². The maximum atomic E-state index is 13.6. The fourth-order valence-corrected chi connectivity index (χ4v) is 6.36. The van der Waals surface area contributed by atoms with Crippen molar-refractivity contribution in [1.29, 1.82) is 0 Å². The second-order valence-electron chi connectivity index (χ2n) is 10.9. The summed E-state index contributed by atoms with van der Waals surface area (Å²) in [7, 11) is 0. The molecule has 224 valence electrons. The smallest absolute Gasteiger partial charge is 0.355 e. The molecule has 6 rings (SSSR count). The number of aliphatic hydroxyl groups excluding tert-OH is 1. The zero-order valence-corrected chi connectivity index (χ0v) is 25.0. The molecule has 1 aliphatic heterocycles. The Morgan fingerprint density at radius 1 is 1.05 bits per heavy atom. The zero-order valence-electron chi connectivity index (χ0n) is 25.0. The first-order chi connectivity index (χ1) is 21.1. The Morgan fingerprint density at radius 2 is 1.86 bits per heavy atom. The maximum absolute atomic E-state index is 13.6. The molecule has 43 heavy (non-hydrogen) atoms. The Balaban J connectivity index is 1.42. The van der Waals surface area contributed by atoms with Gasteiger partial charge in [-0.15, -0.1) is 0 Å². The highest BCUT2D eigenvalue weighted by molar-refractivity contribution is 6.05. The monoisotopic (exact) mass is 581 g/mol. The topological polar surface area (TPSA) is 87.7 Å². The first-order valence-corrected chi connectivity index (χ1v) is 15.3. The van der Waals surface area contributed by atoms with Crippen LogP contribution in [-0.2, 0) is 35.6 Å². The van der Waals surface area contributed by atoms with E-state index in [1.165, 1.54) is 0 Å². The van der Waals surface area contributed by atoms with Crippen molar-refractivity contribution in [3.63, 3.8) is 0 Å². The number of para-hydroxylation sites is 1. The highest BCUT2D eigenvalue weighted by atomic mass is 16.5. The largest absolute Gasteiger partial charge is 0.493 e. The number of aromatic nitrogens is 3. The third-order valence-corrected chi connectivity index (χ3v) is 8.25. The van der Waals surface area contributed by atoms with E-state index >= 15 is 0 Å². The lowest BCUT2D eigenvalue weighted by Crippen LogP contribution is -2.15. The number of esters is 1. The Kier molecular flexibility index (Phi) is 8.77. The summed E-state index contributed by atoms with van der Waals surface area (Å²) in [5, 5.41) is 17.8. The molecule has 0 saturated heterocycles. The lowest BCUT2D eigenvalue weighted by atomic mass is 9.98. The second kappa shape index (κ2) is 13.0. The Morgan fingerprint density at radius 3 is 2.72 bits per heavy atom. The first kappa shape index (κ1) is 29.0. The van der Waals surface area contributed by atoms with E-state index in [-0.39, 0.29) is 12.6 Å². The standard InChI is InChI=1S/C35H39N3O5/c1-3-42-35(40)34-28(16-10-22-43-31-17-8-12-25-11-4-5-13-26(25)31)27-14-9-15-29-32-24(2)38(19-20-39)36-30(32)23-41-21-7-6-18-37(34)33(27)29/h4-5,8-9,11-15,17,39H,3,6-7,10,16,18-23H2,1-2H3. The van der Waals surface area contributed by atoms with Crippen molar-refractivity contribution in [2.24, 2.45) is 0 Å². The molecule has 0 radical (unpaired) electrons. The number of hydrogen-bond acceptors (Lipinski definition) is 6. The van der Waals surface area contributed by atoms with Crippen molar-refractivity contribution >= 4 is 27.6 Å². The molecular weight excluding hydrogens is 542 g/mol. The molecule has 8 heteroatoms. The summed E-state index contributed by atoms with van der Waals surface area (Å²) < 4.78 is 22.0. The van der Waals surface area contributed by atoms with Crippen molar-refractivity contribution in [1.82, 2.24) is 14.3 Å². The van der Waals surface area contributed by atoms with Gasteiger partial charge in [-0.3, -0.25) is 4.68 Å². The number of ether oxygens (including phenoxy) is 3. The van der Waals surface area contributed by atoms with Gasteiger partial charge in [0.15, 0.2) is 0 Å². The second-order valence-corrected chi connectivity index (χ2v) is 10.9. The van der Waals surface area contributed by atoms with Crippen LogP contribution < -0.4 is 4.74 Å². The fraction of sp³-hybridized carbons (Fsp3) is 0.371. The first-order valence-electron chi connectivity index (χ1n) is 15.3.